The van der Waals surface area contributed by atoms with Crippen LogP contribution < -0.4 is 0 Å². The largest absolute Gasteiger partial charge is 0.265 e. The quantitative estimate of drug-likeness (QED) is 0.376. The van der Waals surface area contributed by atoms with Gasteiger partial charge in [-0.05, 0) is 54.3 Å². The van der Waals surface area contributed by atoms with Crippen LogP contribution in [0, 0.1) is 13.8 Å². The minimum Gasteiger partial charge on any atom is -0.265 e. The van der Waals surface area contributed by atoms with Crippen LogP contribution in [0.2, 0.25) is 0 Å². The first-order valence-electron chi connectivity index (χ1n) is 9.66. The lowest BCUT2D eigenvalue weighted by molar-refractivity contribution is 1.33. The van der Waals surface area contributed by atoms with E-state index in [-0.39, 0.29) is 0 Å². The summed E-state index contributed by atoms with van der Waals surface area (Å²) in [6.07, 6.45) is 7.30. The van der Waals surface area contributed by atoms with Gasteiger partial charge in [-0.25, -0.2) is 0 Å². The Morgan fingerprint density at radius 3 is 1.39 bits per heavy atom. The van der Waals surface area contributed by atoms with Crippen molar-refractivity contribution in [3.8, 4) is 22.3 Å². The third kappa shape index (κ3) is 6.48. The second kappa shape index (κ2) is 11.5. The molecule has 2 aromatic carbocycles. The summed E-state index contributed by atoms with van der Waals surface area (Å²) < 4.78 is 0. The molecule has 2 nitrogen and oxygen atoms in total. The number of hydrogen-bond donors (Lipinski definition) is 0. The van der Waals surface area contributed by atoms with Gasteiger partial charge in [0.2, 0.25) is 0 Å². The molecular formula is C26H28N2. The van der Waals surface area contributed by atoms with E-state index in [0.717, 1.165) is 0 Å². The summed E-state index contributed by atoms with van der Waals surface area (Å²) in [7, 11) is 0. The van der Waals surface area contributed by atoms with Gasteiger partial charge in [0.15, 0.2) is 0 Å². The lowest BCUT2D eigenvalue weighted by Crippen LogP contribution is -1.78. The summed E-state index contributed by atoms with van der Waals surface area (Å²) in [4.78, 5) is 8.07. The number of aromatic nitrogens is 2. The molecule has 4 aromatic rings. The van der Waals surface area contributed by atoms with E-state index in [0.29, 0.717) is 0 Å². The molecule has 0 unspecified atom stereocenters. The zero-order valence-corrected chi connectivity index (χ0v) is 17.1. The monoisotopic (exact) mass is 368 g/mol. The summed E-state index contributed by atoms with van der Waals surface area (Å²) in [5.74, 6) is 0. The lowest BCUT2D eigenvalue weighted by atomic mass is 10.1. The summed E-state index contributed by atoms with van der Waals surface area (Å²) in [6, 6.07) is 25.0. The fraction of sp³-hybridized carbons (Fsp3) is 0.154. The Bertz CT molecular complexity index is 832. The molecule has 0 aliphatic heterocycles. The van der Waals surface area contributed by atoms with Crippen molar-refractivity contribution >= 4 is 0 Å². The Morgan fingerprint density at radius 2 is 0.929 bits per heavy atom. The summed E-state index contributed by atoms with van der Waals surface area (Å²) in [6.45, 7) is 8.18. The molecule has 0 saturated heterocycles. The van der Waals surface area contributed by atoms with Gasteiger partial charge in [-0.15, -0.1) is 0 Å². The molecule has 4 rings (SSSR count). The van der Waals surface area contributed by atoms with Gasteiger partial charge in [-0.3, -0.25) is 9.97 Å². The van der Waals surface area contributed by atoms with E-state index in [2.05, 4.69) is 78.4 Å². The Kier molecular flexibility index (Phi) is 8.61. The van der Waals surface area contributed by atoms with Gasteiger partial charge in [-0.2, -0.15) is 0 Å². The number of rotatable bonds is 2. The number of nitrogens with zero attached hydrogens (tertiary/aromatic N) is 2. The fourth-order valence-electron chi connectivity index (χ4n) is 2.57. The second-order valence-electron chi connectivity index (χ2n) is 6.21. The average molecular weight is 369 g/mol. The lowest BCUT2D eigenvalue weighted by Gasteiger charge is -2.00. The van der Waals surface area contributed by atoms with Crippen molar-refractivity contribution in [3.63, 3.8) is 0 Å². The van der Waals surface area contributed by atoms with E-state index in [1.807, 2.05) is 50.6 Å². The summed E-state index contributed by atoms with van der Waals surface area (Å²) in [5.41, 5.74) is 7.43. The molecule has 142 valence electrons. The second-order valence-corrected chi connectivity index (χ2v) is 6.21. The van der Waals surface area contributed by atoms with Crippen molar-refractivity contribution in [3.05, 3.63) is 109 Å². The minimum absolute atomic E-state index is 1.17. The van der Waals surface area contributed by atoms with E-state index >= 15 is 0 Å². The van der Waals surface area contributed by atoms with Gasteiger partial charge in [0, 0.05) is 24.8 Å². The third-order valence-electron chi connectivity index (χ3n) is 4.11. The van der Waals surface area contributed by atoms with Crippen LogP contribution in [0.1, 0.15) is 25.0 Å². The molecule has 0 N–H and O–H groups in total. The van der Waals surface area contributed by atoms with E-state index in [1.165, 1.54) is 33.4 Å². The Morgan fingerprint density at radius 1 is 0.464 bits per heavy atom. The molecule has 0 radical (unpaired) electrons. The normalized spacial score (nSPS) is 9.43. The number of benzene rings is 2. The molecular weight excluding hydrogens is 340 g/mol. The van der Waals surface area contributed by atoms with Crippen LogP contribution in [0.4, 0.5) is 0 Å². The number of pyridine rings is 2. The Labute approximate surface area is 169 Å². The molecule has 0 atom stereocenters. The van der Waals surface area contributed by atoms with Crippen LogP contribution in [-0.4, -0.2) is 9.97 Å². The number of hydrogen-bond acceptors (Lipinski definition) is 2. The number of aryl methyl sites for hydroxylation is 2. The van der Waals surface area contributed by atoms with Gasteiger partial charge in [-0.1, -0.05) is 79.6 Å². The first kappa shape index (κ1) is 21.0. The predicted molar refractivity (Wildman–Crippen MR) is 120 cm³/mol. The van der Waals surface area contributed by atoms with E-state index < -0.39 is 0 Å². The molecule has 28 heavy (non-hydrogen) atoms. The van der Waals surface area contributed by atoms with Crippen LogP contribution in [0.25, 0.3) is 22.3 Å². The van der Waals surface area contributed by atoms with Crippen molar-refractivity contribution in [2.24, 2.45) is 0 Å². The third-order valence-corrected chi connectivity index (χ3v) is 4.11. The molecule has 0 bridgehead atoms. The van der Waals surface area contributed by atoms with E-state index in [4.69, 9.17) is 0 Å². The van der Waals surface area contributed by atoms with Gasteiger partial charge < -0.3 is 0 Å². The van der Waals surface area contributed by atoms with Gasteiger partial charge in [0.25, 0.3) is 0 Å². The van der Waals surface area contributed by atoms with Crippen LogP contribution >= 0.6 is 0 Å². The van der Waals surface area contributed by atoms with Crippen molar-refractivity contribution in [2.75, 3.05) is 0 Å². The van der Waals surface area contributed by atoms with E-state index in [1.54, 1.807) is 6.20 Å². The Balaban J connectivity index is 0.000000184. The summed E-state index contributed by atoms with van der Waals surface area (Å²) in [5, 5.41) is 0. The highest BCUT2D eigenvalue weighted by molar-refractivity contribution is 5.63. The van der Waals surface area contributed by atoms with Crippen molar-refractivity contribution in [1.29, 1.82) is 0 Å². The van der Waals surface area contributed by atoms with Gasteiger partial charge in [0.1, 0.15) is 0 Å². The average Bonchev–Trinajstić information content (AvgIpc) is 2.78. The van der Waals surface area contributed by atoms with Crippen molar-refractivity contribution < 1.29 is 0 Å². The van der Waals surface area contributed by atoms with Gasteiger partial charge >= 0.3 is 0 Å². The maximum absolute atomic E-state index is 4.08. The molecule has 2 heterocycles. The standard InChI is InChI=1S/2C12H11N.C2H6/c1-10-2-4-11(5-3-10)12-6-8-13-9-7-12;1-10-4-6-11(7-5-10)12-3-2-8-13-9-12;1-2/h2*2-9H,1H3;1-2H3. The minimum atomic E-state index is 1.17. The zero-order chi connectivity index (χ0) is 20.2. The molecule has 2 heteroatoms. The highest BCUT2D eigenvalue weighted by Gasteiger charge is 1.95. The van der Waals surface area contributed by atoms with Crippen LogP contribution in [0.15, 0.2) is 97.6 Å². The molecule has 0 spiro atoms. The first-order chi connectivity index (χ1) is 13.7. The molecule has 0 amide bonds. The molecule has 0 aliphatic carbocycles. The van der Waals surface area contributed by atoms with Crippen molar-refractivity contribution in [2.45, 2.75) is 27.7 Å². The topological polar surface area (TPSA) is 25.8 Å². The van der Waals surface area contributed by atoms with Gasteiger partial charge in [0.05, 0.1) is 0 Å². The van der Waals surface area contributed by atoms with Crippen LogP contribution in [0.3, 0.4) is 0 Å². The smallest absolute Gasteiger partial charge is 0.0346 e. The maximum atomic E-state index is 4.08. The predicted octanol–water partition coefficient (Wildman–Crippen LogP) is 7.14. The molecule has 2 aromatic heterocycles. The van der Waals surface area contributed by atoms with Crippen LogP contribution in [-0.2, 0) is 0 Å². The molecule has 0 fully saturated rings. The first-order valence-corrected chi connectivity index (χ1v) is 9.66. The SMILES string of the molecule is CC.Cc1ccc(-c2cccnc2)cc1.Cc1ccc(-c2ccncc2)cc1. The van der Waals surface area contributed by atoms with Crippen LogP contribution in [0.5, 0.6) is 0 Å². The Hall–Kier alpha value is -3.26. The highest BCUT2D eigenvalue weighted by Crippen LogP contribution is 2.18. The fourth-order valence-corrected chi connectivity index (χ4v) is 2.57. The zero-order valence-electron chi connectivity index (χ0n) is 17.1. The maximum Gasteiger partial charge on any atom is 0.0346 e. The van der Waals surface area contributed by atoms with Crippen molar-refractivity contribution in [1.82, 2.24) is 9.97 Å². The summed E-state index contributed by atoms with van der Waals surface area (Å²) >= 11 is 0. The van der Waals surface area contributed by atoms with E-state index in [9.17, 15) is 0 Å². The highest BCUT2D eigenvalue weighted by atomic mass is 14.6. The molecule has 0 saturated carbocycles. The molecule has 0 aliphatic rings.